The Bertz CT molecular complexity index is 1240. The predicted octanol–water partition coefficient (Wildman–Crippen LogP) is 4.12. The molecule has 0 atom stereocenters. The van der Waals surface area contributed by atoms with Gasteiger partial charge in [0.25, 0.3) is 11.8 Å². The average Bonchev–Trinajstić information content (AvgIpc) is 3.00. The third-order valence-corrected chi connectivity index (χ3v) is 5.32. The maximum absolute atomic E-state index is 13.1. The summed E-state index contributed by atoms with van der Waals surface area (Å²) < 4.78 is 1.94. The molecule has 0 aliphatic carbocycles. The van der Waals surface area contributed by atoms with Gasteiger partial charge in [0, 0.05) is 22.1 Å². The molecule has 7 nitrogen and oxygen atoms in total. The summed E-state index contributed by atoms with van der Waals surface area (Å²) in [6.45, 7) is 3.76. The molecule has 1 fully saturated rings. The molecular formula is C23H18ClN3O4. The number of halogens is 1. The second kappa shape index (κ2) is 7.77. The Balaban J connectivity index is 1.75. The molecule has 0 bridgehead atoms. The summed E-state index contributed by atoms with van der Waals surface area (Å²) in [6, 6.07) is 13.9. The fourth-order valence-corrected chi connectivity index (χ4v) is 3.70. The van der Waals surface area contributed by atoms with Crippen molar-refractivity contribution >= 4 is 41.2 Å². The first-order valence-electron chi connectivity index (χ1n) is 9.41. The summed E-state index contributed by atoms with van der Waals surface area (Å²) in [7, 11) is 0. The minimum Gasteiger partial charge on any atom is -0.508 e. The Morgan fingerprint density at radius 2 is 1.55 bits per heavy atom. The highest BCUT2D eigenvalue weighted by Crippen LogP contribution is 2.27. The standard InChI is InChI=1S/C23H18ClN3O4/c1-13-11-15(14(2)26(13)17-7-9-19(28)10-8-17)12-20-21(29)25-23(31)27(22(20)30)18-5-3-16(24)4-6-18/h3-12,28H,1-2H3,(H,25,29,31)/b20-12-. The van der Waals surface area contributed by atoms with Crippen LogP contribution in [0.25, 0.3) is 11.8 Å². The number of nitrogens with zero attached hydrogens (tertiary/aromatic N) is 2. The van der Waals surface area contributed by atoms with Crippen LogP contribution in [0.1, 0.15) is 17.0 Å². The normalized spacial score (nSPS) is 15.5. The van der Waals surface area contributed by atoms with Crippen LogP contribution in [0, 0.1) is 13.8 Å². The molecule has 0 unspecified atom stereocenters. The number of hydrogen-bond acceptors (Lipinski definition) is 4. The molecule has 2 aromatic carbocycles. The van der Waals surface area contributed by atoms with Crippen molar-refractivity contribution in [2.75, 3.05) is 4.90 Å². The predicted molar refractivity (Wildman–Crippen MR) is 117 cm³/mol. The smallest absolute Gasteiger partial charge is 0.335 e. The number of rotatable bonds is 3. The van der Waals surface area contributed by atoms with E-state index < -0.39 is 17.8 Å². The van der Waals surface area contributed by atoms with E-state index in [0.29, 0.717) is 16.3 Å². The van der Waals surface area contributed by atoms with Gasteiger partial charge in [-0.3, -0.25) is 14.9 Å². The number of carbonyl (C=O) groups is 3. The number of aromatic nitrogens is 1. The van der Waals surface area contributed by atoms with Crippen molar-refractivity contribution < 1.29 is 19.5 Å². The fraction of sp³-hybridized carbons (Fsp3) is 0.0870. The van der Waals surface area contributed by atoms with E-state index in [9.17, 15) is 19.5 Å². The second-order valence-electron chi connectivity index (χ2n) is 7.11. The minimum absolute atomic E-state index is 0.152. The summed E-state index contributed by atoms with van der Waals surface area (Å²) in [5, 5.41) is 12.2. The largest absolute Gasteiger partial charge is 0.508 e. The number of anilines is 1. The number of imide groups is 2. The minimum atomic E-state index is -0.816. The monoisotopic (exact) mass is 435 g/mol. The number of carbonyl (C=O) groups excluding carboxylic acids is 3. The van der Waals surface area contributed by atoms with E-state index in [1.54, 1.807) is 36.4 Å². The number of aryl methyl sites for hydroxylation is 1. The summed E-state index contributed by atoms with van der Waals surface area (Å²) in [5.74, 6) is -1.31. The van der Waals surface area contributed by atoms with Gasteiger partial charge in [0.1, 0.15) is 11.3 Å². The maximum Gasteiger partial charge on any atom is 0.335 e. The number of nitrogens with one attached hydrogen (secondary N) is 1. The first kappa shape index (κ1) is 20.4. The number of hydrogen-bond donors (Lipinski definition) is 2. The Labute approximate surface area is 183 Å². The number of urea groups is 1. The maximum atomic E-state index is 13.1. The molecule has 31 heavy (non-hydrogen) atoms. The first-order chi connectivity index (χ1) is 14.8. The van der Waals surface area contributed by atoms with Crippen LogP contribution in [0.5, 0.6) is 5.75 Å². The number of phenols is 1. The number of aromatic hydroxyl groups is 1. The number of amides is 4. The highest BCUT2D eigenvalue weighted by atomic mass is 35.5. The van der Waals surface area contributed by atoms with Crippen molar-refractivity contribution in [2.45, 2.75) is 13.8 Å². The van der Waals surface area contributed by atoms with Crippen LogP contribution >= 0.6 is 11.6 Å². The molecule has 1 aliphatic heterocycles. The molecule has 8 heteroatoms. The fourth-order valence-electron chi connectivity index (χ4n) is 3.57. The lowest BCUT2D eigenvalue weighted by molar-refractivity contribution is -0.122. The molecule has 2 N–H and O–H groups in total. The summed E-state index contributed by atoms with van der Waals surface area (Å²) >= 11 is 5.89. The molecule has 1 aliphatic rings. The molecule has 156 valence electrons. The molecule has 0 radical (unpaired) electrons. The van der Waals surface area contributed by atoms with Crippen molar-refractivity contribution in [2.24, 2.45) is 0 Å². The van der Waals surface area contributed by atoms with Crippen molar-refractivity contribution in [3.8, 4) is 11.4 Å². The molecule has 0 spiro atoms. The summed E-state index contributed by atoms with van der Waals surface area (Å²) in [6.07, 6.45) is 1.48. The van der Waals surface area contributed by atoms with Gasteiger partial charge in [0.2, 0.25) is 0 Å². The van der Waals surface area contributed by atoms with Crippen LogP contribution in [-0.2, 0) is 9.59 Å². The zero-order chi connectivity index (χ0) is 22.3. The van der Waals surface area contributed by atoms with Gasteiger partial charge < -0.3 is 9.67 Å². The number of barbiturate groups is 1. The topological polar surface area (TPSA) is 91.6 Å². The Hall–Kier alpha value is -3.84. The summed E-state index contributed by atoms with van der Waals surface area (Å²) in [5.41, 5.74) is 3.32. The SMILES string of the molecule is Cc1cc(/C=C2/C(=O)NC(=O)N(c3ccc(Cl)cc3)C2=O)c(C)n1-c1ccc(O)cc1. The van der Waals surface area contributed by atoms with Gasteiger partial charge in [-0.2, -0.15) is 0 Å². The van der Waals surface area contributed by atoms with Gasteiger partial charge in [0.15, 0.2) is 0 Å². The molecule has 0 saturated carbocycles. The second-order valence-corrected chi connectivity index (χ2v) is 7.55. The van der Waals surface area contributed by atoms with E-state index in [1.165, 1.54) is 18.2 Å². The zero-order valence-corrected chi connectivity index (χ0v) is 17.5. The van der Waals surface area contributed by atoms with E-state index in [-0.39, 0.29) is 11.3 Å². The molecule has 4 amide bonds. The Morgan fingerprint density at radius 1 is 0.935 bits per heavy atom. The van der Waals surface area contributed by atoms with Gasteiger partial charge in [-0.25, -0.2) is 9.69 Å². The number of phenolic OH excluding ortho intramolecular Hbond substituents is 1. The van der Waals surface area contributed by atoms with Crippen LogP contribution in [0.15, 0.2) is 60.2 Å². The molecule has 3 aromatic rings. The molecule has 1 saturated heterocycles. The zero-order valence-electron chi connectivity index (χ0n) is 16.7. The average molecular weight is 436 g/mol. The lowest BCUT2D eigenvalue weighted by Crippen LogP contribution is -2.54. The van der Waals surface area contributed by atoms with E-state index >= 15 is 0 Å². The van der Waals surface area contributed by atoms with Crippen LogP contribution < -0.4 is 10.2 Å². The van der Waals surface area contributed by atoms with Crippen molar-refractivity contribution in [3.05, 3.63) is 82.1 Å². The van der Waals surface area contributed by atoms with Crippen LogP contribution in [0.4, 0.5) is 10.5 Å². The Kier molecular flexibility index (Phi) is 5.12. The van der Waals surface area contributed by atoms with Gasteiger partial charge in [0.05, 0.1) is 5.69 Å². The van der Waals surface area contributed by atoms with Crippen LogP contribution in [0.2, 0.25) is 5.02 Å². The van der Waals surface area contributed by atoms with E-state index in [4.69, 9.17) is 11.6 Å². The van der Waals surface area contributed by atoms with Gasteiger partial charge in [-0.1, -0.05) is 11.6 Å². The molecule has 1 aromatic heterocycles. The third-order valence-electron chi connectivity index (χ3n) is 5.06. The van der Waals surface area contributed by atoms with Crippen LogP contribution in [-0.4, -0.2) is 27.5 Å². The third kappa shape index (κ3) is 3.71. The first-order valence-corrected chi connectivity index (χ1v) is 9.79. The molecule has 4 rings (SSSR count). The quantitative estimate of drug-likeness (QED) is 0.478. The van der Waals surface area contributed by atoms with Gasteiger partial charge >= 0.3 is 6.03 Å². The lowest BCUT2D eigenvalue weighted by Gasteiger charge is -2.26. The van der Waals surface area contributed by atoms with Crippen LogP contribution in [0.3, 0.4) is 0 Å². The molecular weight excluding hydrogens is 418 g/mol. The van der Waals surface area contributed by atoms with Gasteiger partial charge in [-0.05, 0) is 80.1 Å². The Morgan fingerprint density at radius 3 is 2.19 bits per heavy atom. The van der Waals surface area contributed by atoms with E-state index in [2.05, 4.69) is 5.32 Å². The molecule has 2 heterocycles. The van der Waals surface area contributed by atoms with Crippen molar-refractivity contribution in [1.29, 1.82) is 0 Å². The number of benzene rings is 2. The highest BCUT2D eigenvalue weighted by Gasteiger charge is 2.37. The van der Waals surface area contributed by atoms with E-state index in [1.807, 2.05) is 24.5 Å². The van der Waals surface area contributed by atoms with Crippen molar-refractivity contribution in [3.63, 3.8) is 0 Å². The van der Waals surface area contributed by atoms with E-state index in [0.717, 1.165) is 22.0 Å². The highest BCUT2D eigenvalue weighted by molar-refractivity contribution is 6.39. The lowest BCUT2D eigenvalue weighted by atomic mass is 10.1. The van der Waals surface area contributed by atoms with Gasteiger partial charge in [-0.15, -0.1) is 0 Å². The summed E-state index contributed by atoms with van der Waals surface area (Å²) in [4.78, 5) is 38.7. The van der Waals surface area contributed by atoms with Crippen molar-refractivity contribution in [1.82, 2.24) is 9.88 Å².